The summed E-state index contributed by atoms with van der Waals surface area (Å²) < 4.78 is 0. The van der Waals surface area contributed by atoms with Crippen LogP contribution in [0.1, 0.15) is 33.9 Å². The monoisotopic (exact) mass is 593 g/mol. The molecule has 9 nitrogen and oxygen atoms in total. The van der Waals surface area contributed by atoms with Crippen molar-refractivity contribution in [2.24, 2.45) is 5.92 Å². The zero-order valence-electron chi connectivity index (χ0n) is 24.0. The fourth-order valence-corrected chi connectivity index (χ4v) is 6.95. The summed E-state index contributed by atoms with van der Waals surface area (Å²) >= 11 is 1.35. The van der Waals surface area contributed by atoms with E-state index in [1.54, 1.807) is 11.1 Å². The van der Waals surface area contributed by atoms with E-state index < -0.39 is 6.04 Å². The number of pyridine rings is 1. The molecule has 2 N–H and O–H groups in total. The number of carbonyl (C=O) groups excluding carboxylic acids is 2. The minimum absolute atomic E-state index is 0.157. The number of thiazole rings is 1. The number of carbonyl (C=O) groups is 2. The maximum atomic E-state index is 13.8. The normalized spacial score (nSPS) is 19.4. The highest BCUT2D eigenvalue weighted by Crippen LogP contribution is 2.35. The summed E-state index contributed by atoms with van der Waals surface area (Å²) in [5.41, 5.74) is 4.19. The molecule has 2 amide bonds. The summed E-state index contributed by atoms with van der Waals surface area (Å²) in [6, 6.07) is 18.8. The van der Waals surface area contributed by atoms with Crippen molar-refractivity contribution in [2.75, 3.05) is 56.0 Å². The van der Waals surface area contributed by atoms with Crippen molar-refractivity contribution in [1.82, 2.24) is 25.1 Å². The molecule has 2 fully saturated rings. The number of amides is 2. The van der Waals surface area contributed by atoms with Gasteiger partial charge in [0.05, 0.1) is 0 Å². The van der Waals surface area contributed by atoms with E-state index in [0.29, 0.717) is 17.2 Å². The molecule has 2 unspecified atom stereocenters. The number of hydrogen-bond acceptors (Lipinski definition) is 8. The average Bonchev–Trinajstić information content (AvgIpc) is 3.82. The van der Waals surface area contributed by atoms with Gasteiger partial charge in [0.2, 0.25) is 0 Å². The fraction of sp³-hybridized carbons (Fsp3) is 0.333. The summed E-state index contributed by atoms with van der Waals surface area (Å²) in [5, 5.41) is 8.68. The van der Waals surface area contributed by atoms with Crippen molar-refractivity contribution < 1.29 is 9.59 Å². The molecule has 0 saturated carbocycles. The van der Waals surface area contributed by atoms with Crippen molar-refractivity contribution in [3.8, 4) is 11.1 Å². The van der Waals surface area contributed by atoms with Gasteiger partial charge in [-0.1, -0.05) is 42.5 Å². The molecule has 2 atom stereocenters. The standard InChI is InChI=1S/C33H35N7O2S/c41-31(37-33-35-12-17-43-33)30(24-4-2-1-3-5-24)40-22-27-7-6-25(18-28(27)32(40)42)26-8-9-29(36-20-26)39-15-13-38(14-16-39)21-23-10-11-34-19-23/h1-9,12,17-18,20,23,30,34H,10-11,13-16,19,21-22H2,(H,35,37,41). The van der Waals surface area contributed by atoms with E-state index in [-0.39, 0.29) is 11.8 Å². The Kier molecular flexibility index (Phi) is 7.88. The molecule has 3 aliphatic rings. The highest BCUT2D eigenvalue weighted by atomic mass is 32.1. The number of nitrogens with one attached hydrogen (secondary N) is 2. The highest BCUT2D eigenvalue weighted by Gasteiger charge is 2.38. The molecule has 0 radical (unpaired) electrons. The first-order valence-corrected chi connectivity index (χ1v) is 15.8. The van der Waals surface area contributed by atoms with Gasteiger partial charge in [-0.2, -0.15) is 0 Å². The van der Waals surface area contributed by atoms with Gasteiger partial charge in [0.25, 0.3) is 11.8 Å². The number of fused-ring (bicyclic) bond motifs is 1. The molecule has 0 aliphatic carbocycles. The maximum absolute atomic E-state index is 13.8. The van der Waals surface area contributed by atoms with Gasteiger partial charge in [-0.25, -0.2) is 9.97 Å². The molecule has 5 heterocycles. The van der Waals surface area contributed by atoms with Crippen molar-refractivity contribution in [2.45, 2.75) is 19.0 Å². The van der Waals surface area contributed by atoms with Gasteiger partial charge in [0.15, 0.2) is 5.13 Å². The average molecular weight is 594 g/mol. The molecule has 10 heteroatoms. The lowest BCUT2D eigenvalue weighted by atomic mass is 10.0. The molecule has 43 heavy (non-hydrogen) atoms. The summed E-state index contributed by atoms with van der Waals surface area (Å²) in [4.78, 5) is 42.9. The molecule has 4 aromatic rings. The molecule has 3 aliphatic heterocycles. The molecular formula is C33H35N7O2S. The van der Waals surface area contributed by atoms with Gasteiger partial charge in [-0.05, 0) is 60.3 Å². The van der Waals surface area contributed by atoms with E-state index in [1.165, 1.54) is 24.3 Å². The molecule has 0 bridgehead atoms. The minimum Gasteiger partial charge on any atom is -0.354 e. The topological polar surface area (TPSA) is 93.7 Å². The number of aromatic nitrogens is 2. The van der Waals surface area contributed by atoms with Crippen LogP contribution in [-0.4, -0.2) is 77.4 Å². The van der Waals surface area contributed by atoms with Gasteiger partial charge in [-0.3, -0.25) is 19.8 Å². The van der Waals surface area contributed by atoms with Gasteiger partial charge < -0.3 is 15.1 Å². The summed E-state index contributed by atoms with van der Waals surface area (Å²) in [6.45, 7) is 7.93. The Labute approximate surface area is 255 Å². The molecule has 2 saturated heterocycles. The van der Waals surface area contributed by atoms with Crippen LogP contribution in [0, 0.1) is 5.92 Å². The predicted octanol–water partition coefficient (Wildman–Crippen LogP) is 4.27. The first-order valence-electron chi connectivity index (χ1n) is 15.0. The van der Waals surface area contributed by atoms with Gasteiger partial charge >= 0.3 is 0 Å². The van der Waals surface area contributed by atoms with Crippen LogP contribution in [-0.2, 0) is 11.3 Å². The van der Waals surface area contributed by atoms with E-state index in [4.69, 9.17) is 4.98 Å². The maximum Gasteiger partial charge on any atom is 0.255 e. The van der Waals surface area contributed by atoms with E-state index in [1.807, 2.05) is 60.1 Å². The molecule has 0 spiro atoms. The van der Waals surface area contributed by atoms with Crippen molar-refractivity contribution >= 4 is 34.1 Å². The fourth-order valence-electron chi connectivity index (χ4n) is 6.42. The lowest BCUT2D eigenvalue weighted by Crippen LogP contribution is -2.48. The number of nitrogens with zero attached hydrogens (tertiary/aromatic N) is 5. The van der Waals surface area contributed by atoms with Crippen LogP contribution in [0.2, 0.25) is 0 Å². The number of rotatable bonds is 8. The second-order valence-corrected chi connectivity index (χ2v) is 12.4. The van der Waals surface area contributed by atoms with Crippen LogP contribution in [0.25, 0.3) is 11.1 Å². The Morgan fingerprint density at radius 3 is 2.58 bits per heavy atom. The SMILES string of the molecule is O=C(Nc1nccs1)C(c1ccccc1)N1Cc2ccc(-c3ccc(N4CCN(CC5CCNC5)CC4)nc3)cc2C1=O. The summed E-state index contributed by atoms with van der Waals surface area (Å²) in [6.07, 6.45) is 4.83. The van der Waals surface area contributed by atoms with Crippen LogP contribution in [0.4, 0.5) is 10.9 Å². The quantitative estimate of drug-likeness (QED) is 0.315. The molecule has 7 rings (SSSR count). The van der Waals surface area contributed by atoms with E-state index in [9.17, 15) is 9.59 Å². The Balaban J connectivity index is 1.05. The van der Waals surface area contributed by atoms with Crippen LogP contribution in [0.15, 0.2) is 78.4 Å². The molecule has 2 aromatic carbocycles. The zero-order valence-corrected chi connectivity index (χ0v) is 24.8. The third-order valence-corrected chi connectivity index (χ3v) is 9.42. The largest absolute Gasteiger partial charge is 0.354 e. The number of anilines is 2. The van der Waals surface area contributed by atoms with Crippen molar-refractivity contribution in [1.29, 1.82) is 0 Å². The molecule has 220 valence electrons. The number of hydrogen-bond donors (Lipinski definition) is 2. The second kappa shape index (κ2) is 12.2. The first-order chi connectivity index (χ1) is 21.1. The zero-order chi connectivity index (χ0) is 29.2. The highest BCUT2D eigenvalue weighted by molar-refractivity contribution is 7.13. The van der Waals surface area contributed by atoms with Gasteiger partial charge in [0, 0.05) is 68.2 Å². The van der Waals surface area contributed by atoms with Crippen LogP contribution in [0.5, 0.6) is 0 Å². The van der Waals surface area contributed by atoms with E-state index in [2.05, 4.69) is 37.6 Å². The second-order valence-electron chi connectivity index (χ2n) is 11.5. The number of benzene rings is 2. The molecular weight excluding hydrogens is 558 g/mol. The molecule has 2 aromatic heterocycles. The van der Waals surface area contributed by atoms with Crippen molar-refractivity contribution in [3.63, 3.8) is 0 Å². The first kappa shape index (κ1) is 27.7. The predicted molar refractivity (Wildman–Crippen MR) is 169 cm³/mol. The lowest BCUT2D eigenvalue weighted by Gasteiger charge is -2.36. The van der Waals surface area contributed by atoms with Gasteiger partial charge in [0.1, 0.15) is 11.9 Å². The smallest absolute Gasteiger partial charge is 0.255 e. The van der Waals surface area contributed by atoms with Crippen LogP contribution >= 0.6 is 11.3 Å². The van der Waals surface area contributed by atoms with Crippen LogP contribution < -0.4 is 15.5 Å². The van der Waals surface area contributed by atoms with Gasteiger partial charge in [-0.15, -0.1) is 11.3 Å². The Bertz CT molecular complexity index is 1560. The van der Waals surface area contributed by atoms with Crippen molar-refractivity contribution in [3.05, 3.63) is 95.1 Å². The third-order valence-electron chi connectivity index (χ3n) is 8.74. The lowest BCUT2D eigenvalue weighted by molar-refractivity contribution is -0.120. The Hall–Kier alpha value is -4.12. The summed E-state index contributed by atoms with van der Waals surface area (Å²) in [7, 11) is 0. The number of piperazine rings is 1. The summed E-state index contributed by atoms with van der Waals surface area (Å²) in [5.74, 6) is 1.33. The Morgan fingerprint density at radius 2 is 1.86 bits per heavy atom. The third kappa shape index (κ3) is 5.90. The minimum atomic E-state index is -0.773. The van der Waals surface area contributed by atoms with Crippen LogP contribution in [0.3, 0.4) is 0 Å². The van der Waals surface area contributed by atoms with E-state index >= 15 is 0 Å². The Morgan fingerprint density at radius 1 is 1.02 bits per heavy atom. The van der Waals surface area contributed by atoms with E-state index in [0.717, 1.165) is 73.3 Å².